The summed E-state index contributed by atoms with van der Waals surface area (Å²) in [5, 5.41) is 2.63. The molecule has 3 rings (SSSR count). The van der Waals surface area contributed by atoms with Crippen molar-refractivity contribution in [2.75, 3.05) is 12.3 Å². The number of halogens is 2. The first-order valence-electron chi connectivity index (χ1n) is 7.58. The van der Waals surface area contributed by atoms with Gasteiger partial charge in [0.05, 0.1) is 11.0 Å². The SMILES string of the molecule is CC(CNC(=O)c1nccnc1N)c1nc2ccccc2n1C(F)F. The first kappa shape index (κ1) is 16.7. The van der Waals surface area contributed by atoms with E-state index in [-0.39, 0.29) is 23.9 Å². The van der Waals surface area contributed by atoms with Crippen LogP contribution in [0.3, 0.4) is 0 Å². The van der Waals surface area contributed by atoms with Gasteiger partial charge in [0.2, 0.25) is 0 Å². The Balaban J connectivity index is 1.81. The summed E-state index contributed by atoms with van der Waals surface area (Å²) in [5.41, 5.74) is 6.43. The highest BCUT2D eigenvalue weighted by molar-refractivity contribution is 5.96. The normalized spacial score (nSPS) is 12.5. The highest BCUT2D eigenvalue weighted by Gasteiger charge is 2.22. The quantitative estimate of drug-likeness (QED) is 0.739. The van der Waals surface area contributed by atoms with Crippen LogP contribution in [0.5, 0.6) is 0 Å². The maximum atomic E-state index is 13.5. The zero-order chi connectivity index (χ0) is 18.0. The molecule has 0 aliphatic heterocycles. The third-order valence-corrected chi connectivity index (χ3v) is 3.77. The Labute approximate surface area is 141 Å². The van der Waals surface area contributed by atoms with Crippen molar-refractivity contribution in [3.63, 3.8) is 0 Å². The van der Waals surface area contributed by atoms with Crippen molar-refractivity contribution < 1.29 is 13.6 Å². The van der Waals surface area contributed by atoms with Gasteiger partial charge in [0.15, 0.2) is 11.5 Å². The molecule has 1 amide bonds. The standard InChI is InChI=1S/C16H16F2N6O/c1-9(8-22-15(25)12-13(19)21-7-6-20-12)14-23-10-4-2-3-5-11(10)24(14)16(17)18/h2-7,9,16H,8H2,1H3,(H2,19,21)(H,22,25). The third-order valence-electron chi connectivity index (χ3n) is 3.77. The van der Waals surface area contributed by atoms with E-state index >= 15 is 0 Å². The monoisotopic (exact) mass is 346 g/mol. The molecule has 0 spiro atoms. The lowest BCUT2D eigenvalue weighted by Gasteiger charge is -2.15. The number of benzene rings is 1. The summed E-state index contributed by atoms with van der Waals surface area (Å²) in [7, 11) is 0. The van der Waals surface area contributed by atoms with Gasteiger partial charge < -0.3 is 11.1 Å². The van der Waals surface area contributed by atoms with Crippen LogP contribution in [0.4, 0.5) is 14.6 Å². The zero-order valence-electron chi connectivity index (χ0n) is 13.4. The summed E-state index contributed by atoms with van der Waals surface area (Å²) in [5.74, 6) is -0.753. The van der Waals surface area contributed by atoms with Gasteiger partial charge in [-0.25, -0.2) is 15.0 Å². The Bertz CT molecular complexity index is 911. The number of nitrogens with two attached hydrogens (primary N) is 1. The Morgan fingerprint density at radius 3 is 2.72 bits per heavy atom. The maximum absolute atomic E-state index is 13.5. The van der Waals surface area contributed by atoms with Crippen LogP contribution in [-0.4, -0.2) is 32.0 Å². The van der Waals surface area contributed by atoms with Crippen LogP contribution in [0.1, 0.15) is 35.7 Å². The Kier molecular flexibility index (Phi) is 4.55. The second-order valence-electron chi connectivity index (χ2n) is 5.51. The van der Waals surface area contributed by atoms with Gasteiger partial charge in [-0.05, 0) is 12.1 Å². The van der Waals surface area contributed by atoms with Gasteiger partial charge in [-0.3, -0.25) is 9.36 Å². The molecule has 0 saturated carbocycles. The summed E-state index contributed by atoms with van der Waals surface area (Å²) < 4.78 is 27.8. The van der Waals surface area contributed by atoms with Gasteiger partial charge in [0, 0.05) is 24.9 Å². The molecule has 0 radical (unpaired) electrons. The first-order chi connectivity index (χ1) is 12.0. The molecule has 0 fully saturated rings. The predicted octanol–water partition coefficient (Wildman–Crippen LogP) is 2.34. The fraction of sp³-hybridized carbons (Fsp3) is 0.250. The molecule has 1 atom stereocenters. The third kappa shape index (κ3) is 3.25. The molecule has 2 aromatic heterocycles. The topological polar surface area (TPSA) is 98.7 Å². The minimum Gasteiger partial charge on any atom is -0.382 e. The van der Waals surface area contributed by atoms with Crippen LogP contribution in [0.15, 0.2) is 36.7 Å². The number of rotatable bonds is 5. The van der Waals surface area contributed by atoms with Gasteiger partial charge in [-0.2, -0.15) is 8.78 Å². The number of hydrogen-bond donors (Lipinski definition) is 2. The number of amides is 1. The van der Waals surface area contributed by atoms with Crippen LogP contribution >= 0.6 is 0 Å². The fourth-order valence-corrected chi connectivity index (χ4v) is 2.56. The number of imidazole rings is 1. The van der Waals surface area contributed by atoms with Gasteiger partial charge in [-0.15, -0.1) is 0 Å². The molecule has 25 heavy (non-hydrogen) atoms. The molecule has 1 aromatic carbocycles. The first-order valence-corrected chi connectivity index (χ1v) is 7.58. The van der Waals surface area contributed by atoms with E-state index in [1.54, 1.807) is 31.2 Å². The van der Waals surface area contributed by atoms with E-state index in [0.717, 1.165) is 4.57 Å². The Morgan fingerprint density at radius 2 is 2.00 bits per heavy atom. The van der Waals surface area contributed by atoms with E-state index in [0.29, 0.717) is 11.0 Å². The molecule has 0 saturated heterocycles. The summed E-state index contributed by atoms with van der Waals surface area (Å²) in [4.78, 5) is 24.1. The van der Waals surface area contributed by atoms with E-state index in [9.17, 15) is 13.6 Å². The number of nitrogens with one attached hydrogen (secondary N) is 1. The molecule has 1 unspecified atom stereocenters. The van der Waals surface area contributed by atoms with Gasteiger partial charge in [-0.1, -0.05) is 19.1 Å². The van der Waals surface area contributed by atoms with Crippen molar-refractivity contribution >= 4 is 22.8 Å². The summed E-state index contributed by atoms with van der Waals surface area (Å²) in [6, 6.07) is 6.67. The number of nitrogens with zero attached hydrogens (tertiary/aromatic N) is 4. The van der Waals surface area contributed by atoms with Crippen molar-refractivity contribution in [1.29, 1.82) is 0 Å². The van der Waals surface area contributed by atoms with Gasteiger partial charge >= 0.3 is 6.55 Å². The number of fused-ring (bicyclic) bond motifs is 1. The summed E-state index contributed by atoms with van der Waals surface area (Å²) in [6.45, 7) is -0.915. The summed E-state index contributed by atoms with van der Waals surface area (Å²) in [6.07, 6.45) is 2.73. The van der Waals surface area contributed by atoms with Crippen LogP contribution in [0.2, 0.25) is 0 Å². The van der Waals surface area contributed by atoms with Crippen molar-refractivity contribution in [3.8, 4) is 0 Å². The maximum Gasteiger partial charge on any atom is 0.320 e. The average Bonchev–Trinajstić information content (AvgIpc) is 2.99. The molecule has 0 aliphatic carbocycles. The molecule has 0 aliphatic rings. The zero-order valence-corrected chi connectivity index (χ0v) is 13.4. The van der Waals surface area contributed by atoms with Crippen LogP contribution in [-0.2, 0) is 0 Å². The number of hydrogen-bond acceptors (Lipinski definition) is 5. The lowest BCUT2D eigenvalue weighted by atomic mass is 10.1. The smallest absolute Gasteiger partial charge is 0.320 e. The number of nitrogen functional groups attached to an aromatic ring is 1. The number of alkyl halides is 2. The number of aromatic nitrogens is 4. The van der Waals surface area contributed by atoms with Crippen LogP contribution in [0, 0.1) is 0 Å². The summed E-state index contributed by atoms with van der Waals surface area (Å²) >= 11 is 0. The molecule has 3 N–H and O–H groups in total. The van der Waals surface area contributed by atoms with Crippen molar-refractivity contribution in [2.24, 2.45) is 0 Å². The van der Waals surface area contributed by atoms with Crippen LogP contribution < -0.4 is 11.1 Å². The fourth-order valence-electron chi connectivity index (χ4n) is 2.56. The van der Waals surface area contributed by atoms with E-state index in [1.807, 2.05) is 0 Å². The van der Waals surface area contributed by atoms with E-state index in [2.05, 4.69) is 20.3 Å². The van der Waals surface area contributed by atoms with Gasteiger partial charge in [0.25, 0.3) is 5.91 Å². The molecular formula is C16H16F2N6O. The number of anilines is 1. The lowest BCUT2D eigenvalue weighted by molar-refractivity contribution is 0.0704. The number of para-hydroxylation sites is 2. The molecule has 2 heterocycles. The average molecular weight is 346 g/mol. The molecular weight excluding hydrogens is 330 g/mol. The van der Waals surface area contributed by atoms with Crippen molar-refractivity contribution in [2.45, 2.75) is 19.4 Å². The second kappa shape index (κ2) is 6.80. The predicted molar refractivity (Wildman–Crippen MR) is 88.2 cm³/mol. The van der Waals surface area contributed by atoms with E-state index < -0.39 is 18.4 Å². The highest BCUT2D eigenvalue weighted by Crippen LogP contribution is 2.27. The second-order valence-corrected chi connectivity index (χ2v) is 5.51. The molecule has 130 valence electrons. The van der Waals surface area contributed by atoms with Crippen molar-refractivity contribution in [1.82, 2.24) is 24.8 Å². The van der Waals surface area contributed by atoms with Gasteiger partial charge in [0.1, 0.15) is 5.82 Å². The van der Waals surface area contributed by atoms with Crippen molar-refractivity contribution in [3.05, 3.63) is 48.2 Å². The minimum atomic E-state index is -2.73. The lowest BCUT2D eigenvalue weighted by Crippen LogP contribution is -2.30. The minimum absolute atomic E-state index is 0.00272. The van der Waals surface area contributed by atoms with E-state index in [4.69, 9.17) is 5.73 Å². The number of carbonyl (C=O) groups is 1. The molecule has 3 aromatic rings. The van der Waals surface area contributed by atoms with E-state index in [1.165, 1.54) is 12.4 Å². The molecule has 9 heteroatoms. The Morgan fingerprint density at radius 1 is 1.28 bits per heavy atom. The van der Waals surface area contributed by atoms with Crippen LogP contribution in [0.25, 0.3) is 11.0 Å². The molecule has 0 bridgehead atoms. The molecule has 7 nitrogen and oxygen atoms in total. The highest BCUT2D eigenvalue weighted by atomic mass is 19.3. The number of carbonyl (C=O) groups excluding carboxylic acids is 1. The Hall–Kier alpha value is -3.10. The largest absolute Gasteiger partial charge is 0.382 e.